The van der Waals surface area contributed by atoms with Crippen LogP contribution in [0.3, 0.4) is 0 Å². The van der Waals surface area contributed by atoms with Crippen LogP contribution in [-0.2, 0) is 11.3 Å². The Morgan fingerprint density at radius 3 is 2.78 bits per heavy atom. The number of halogens is 1. The van der Waals surface area contributed by atoms with Crippen LogP contribution < -0.4 is 10.6 Å². The van der Waals surface area contributed by atoms with Gasteiger partial charge in [-0.3, -0.25) is 4.79 Å². The molecule has 0 aliphatic heterocycles. The first kappa shape index (κ1) is 15.0. The Morgan fingerprint density at radius 2 is 2.17 bits per heavy atom. The Labute approximate surface area is 114 Å². The molecule has 18 heavy (non-hydrogen) atoms. The van der Waals surface area contributed by atoms with E-state index in [1.165, 1.54) is 0 Å². The Balaban J connectivity index is 2.44. The highest BCUT2D eigenvalue weighted by molar-refractivity contribution is 6.31. The van der Waals surface area contributed by atoms with Crippen LogP contribution in [0.1, 0.15) is 31.4 Å². The molecule has 4 heteroatoms. The highest BCUT2D eigenvalue weighted by Crippen LogP contribution is 2.16. The van der Waals surface area contributed by atoms with E-state index in [1.54, 1.807) is 0 Å². The van der Waals surface area contributed by atoms with Gasteiger partial charge in [-0.2, -0.15) is 0 Å². The topological polar surface area (TPSA) is 41.1 Å². The van der Waals surface area contributed by atoms with Gasteiger partial charge in [0.05, 0.1) is 6.04 Å². The molecule has 0 bridgehead atoms. The molecule has 3 nitrogen and oxygen atoms in total. The quantitative estimate of drug-likeness (QED) is 0.833. The molecule has 2 N–H and O–H groups in total. The fourth-order valence-electron chi connectivity index (χ4n) is 1.51. The molecule has 0 aliphatic carbocycles. The molecular formula is C14H21ClN2O. The minimum Gasteiger partial charge on any atom is -0.355 e. The lowest BCUT2D eigenvalue weighted by Crippen LogP contribution is -2.42. The van der Waals surface area contributed by atoms with Crippen molar-refractivity contribution >= 4 is 17.5 Å². The van der Waals surface area contributed by atoms with Crippen LogP contribution in [0.15, 0.2) is 18.2 Å². The second-order valence-electron chi connectivity index (χ2n) is 4.48. The third-order valence-corrected chi connectivity index (χ3v) is 3.20. The highest BCUT2D eigenvalue weighted by atomic mass is 35.5. The lowest BCUT2D eigenvalue weighted by molar-refractivity contribution is -0.122. The van der Waals surface area contributed by atoms with Crippen molar-refractivity contribution in [2.24, 2.45) is 0 Å². The summed E-state index contributed by atoms with van der Waals surface area (Å²) in [6.07, 6.45) is 0.950. The minimum absolute atomic E-state index is 0.0371. The summed E-state index contributed by atoms with van der Waals surface area (Å²) in [6.45, 7) is 7.23. The number of aryl methyl sites for hydroxylation is 1. The molecule has 1 amide bonds. The molecule has 0 heterocycles. The van der Waals surface area contributed by atoms with Gasteiger partial charge in [0.25, 0.3) is 0 Å². The number of carbonyl (C=O) groups excluding carboxylic acids is 1. The average molecular weight is 269 g/mol. The summed E-state index contributed by atoms with van der Waals surface area (Å²) in [5.74, 6) is 0.0371. The second kappa shape index (κ2) is 7.39. The van der Waals surface area contributed by atoms with Crippen molar-refractivity contribution in [3.05, 3.63) is 34.3 Å². The monoisotopic (exact) mass is 268 g/mol. The van der Waals surface area contributed by atoms with Gasteiger partial charge in [0, 0.05) is 18.1 Å². The predicted molar refractivity (Wildman–Crippen MR) is 75.8 cm³/mol. The zero-order chi connectivity index (χ0) is 13.5. The molecule has 1 aromatic carbocycles. The Morgan fingerprint density at radius 1 is 1.44 bits per heavy atom. The first-order chi connectivity index (χ1) is 8.54. The van der Waals surface area contributed by atoms with Crippen molar-refractivity contribution in [2.45, 2.75) is 39.8 Å². The van der Waals surface area contributed by atoms with Crippen LogP contribution in [0.25, 0.3) is 0 Å². The number of amides is 1. The third kappa shape index (κ3) is 4.67. The predicted octanol–water partition coefficient (Wildman–Crippen LogP) is 2.65. The molecule has 1 atom stereocenters. The molecular weight excluding hydrogens is 248 g/mol. The third-order valence-electron chi connectivity index (χ3n) is 2.79. The summed E-state index contributed by atoms with van der Waals surface area (Å²) in [5.41, 5.74) is 2.15. The van der Waals surface area contributed by atoms with Crippen molar-refractivity contribution in [3.8, 4) is 0 Å². The smallest absolute Gasteiger partial charge is 0.236 e. The summed E-state index contributed by atoms with van der Waals surface area (Å²) < 4.78 is 0. The van der Waals surface area contributed by atoms with Gasteiger partial charge in [-0.25, -0.2) is 0 Å². The first-order valence-corrected chi connectivity index (χ1v) is 6.68. The Kier molecular flexibility index (Phi) is 6.16. The molecule has 0 saturated carbocycles. The molecule has 0 radical (unpaired) electrons. The lowest BCUT2D eigenvalue weighted by atomic mass is 10.1. The van der Waals surface area contributed by atoms with E-state index in [0.717, 1.165) is 29.1 Å². The van der Waals surface area contributed by atoms with E-state index in [2.05, 4.69) is 10.6 Å². The van der Waals surface area contributed by atoms with Gasteiger partial charge in [-0.1, -0.05) is 30.7 Å². The number of carbonyl (C=O) groups is 1. The summed E-state index contributed by atoms with van der Waals surface area (Å²) in [7, 11) is 0. The number of hydrogen-bond donors (Lipinski definition) is 2. The van der Waals surface area contributed by atoms with Gasteiger partial charge >= 0.3 is 0 Å². The summed E-state index contributed by atoms with van der Waals surface area (Å²) in [5, 5.41) is 6.81. The van der Waals surface area contributed by atoms with E-state index in [1.807, 2.05) is 39.0 Å². The minimum atomic E-state index is -0.198. The van der Waals surface area contributed by atoms with Crippen molar-refractivity contribution < 1.29 is 4.79 Å². The summed E-state index contributed by atoms with van der Waals surface area (Å²) in [4.78, 5) is 11.6. The van der Waals surface area contributed by atoms with Gasteiger partial charge < -0.3 is 10.6 Å². The first-order valence-electron chi connectivity index (χ1n) is 6.30. The Hall–Kier alpha value is -1.06. The number of rotatable bonds is 6. The zero-order valence-electron chi connectivity index (χ0n) is 11.2. The summed E-state index contributed by atoms with van der Waals surface area (Å²) in [6, 6.07) is 5.74. The SMILES string of the molecule is CCCNC(=O)C(C)NCc1ccc(C)c(Cl)c1. The van der Waals surface area contributed by atoms with Crippen LogP contribution in [-0.4, -0.2) is 18.5 Å². The van der Waals surface area contributed by atoms with Crippen LogP contribution in [0.4, 0.5) is 0 Å². The maximum Gasteiger partial charge on any atom is 0.236 e. The molecule has 0 saturated heterocycles. The van der Waals surface area contributed by atoms with E-state index in [4.69, 9.17) is 11.6 Å². The maximum absolute atomic E-state index is 11.6. The standard InChI is InChI=1S/C14H21ClN2O/c1-4-7-16-14(18)11(3)17-9-12-6-5-10(2)13(15)8-12/h5-6,8,11,17H,4,7,9H2,1-3H3,(H,16,18). The van der Waals surface area contributed by atoms with Crippen molar-refractivity contribution in [2.75, 3.05) is 6.54 Å². The van der Waals surface area contributed by atoms with E-state index in [0.29, 0.717) is 6.54 Å². The Bertz CT molecular complexity index is 407. The van der Waals surface area contributed by atoms with Crippen molar-refractivity contribution in [1.82, 2.24) is 10.6 Å². The van der Waals surface area contributed by atoms with Crippen LogP contribution in [0, 0.1) is 6.92 Å². The molecule has 0 spiro atoms. The summed E-state index contributed by atoms with van der Waals surface area (Å²) >= 11 is 6.05. The fraction of sp³-hybridized carbons (Fsp3) is 0.500. The van der Waals surface area contributed by atoms with E-state index in [-0.39, 0.29) is 11.9 Å². The molecule has 0 aliphatic rings. The average Bonchev–Trinajstić information content (AvgIpc) is 2.36. The van der Waals surface area contributed by atoms with E-state index in [9.17, 15) is 4.79 Å². The van der Waals surface area contributed by atoms with Gasteiger partial charge in [-0.05, 0) is 37.5 Å². The molecule has 100 valence electrons. The maximum atomic E-state index is 11.6. The normalized spacial score (nSPS) is 12.2. The van der Waals surface area contributed by atoms with Crippen LogP contribution in [0.2, 0.25) is 5.02 Å². The molecule has 1 aromatic rings. The van der Waals surface area contributed by atoms with Crippen LogP contribution >= 0.6 is 11.6 Å². The lowest BCUT2D eigenvalue weighted by Gasteiger charge is -2.14. The number of hydrogen-bond acceptors (Lipinski definition) is 2. The fourth-order valence-corrected chi connectivity index (χ4v) is 1.71. The second-order valence-corrected chi connectivity index (χ2v) is 4.88. The number of benzene rings is 1. The van der Waals surface area contributed by atoms with Gasteiger partial charge in [0.15, 0.2) is 0 Å². The molecule has 1 rings (SSSR count). The van der Waals surface area contributed by atoms with Crippen molar-refractivity contribution in [1.29, 1.82) is 0 Å². The van der Waals surface area contributed by atoms with Gasteiger partial charge in [0.1, 0.15) is 0 Å². The zero-order valence-corrected chi connectivity index (χ0v) is 12.0. The van der Waals surface area contributed by atoms with Crippen molar-refractivity contribution in [3.63, 3.8) is 0 Å². The highest BCUT2D eigenvalue weighted by Gasteiger charge is 2.10. The molecule has 1 unspecified atom stereocenters. The molecule has 0 fully saturated rings. The van der Waals surface area contributed by atoms with Gasteiger partial charge in [-0.15, -0.1) is 0 Å². The van der Waals surface area contributed by atoms with Gasteiger partial charge in [0.2, 0.25) is 5.91 Å². The van der Waals surface area contributed by atoms with E-state index < -0.39 is 0 Å². The largest absolute Gasteiger partial charge is 0.355 e. The molecule has 0 aromatic heterocycles. The van der Waals surface area contributed by atoms with Crippen LogP contribution in [0.5, 0.6) is 0 Å². The van der Waals surface area contributed by atoms with E-state index >= 15 is 0 Å². The number of nitrogens with one attached hydrogen (secondary N) is 2.